The number of primary amides is 1. The first-order valence-corrected chi connectivity index (χ1v) is 10.5. The monoisotopic (exact) mass is 463 g/mol. The maximum atomic E-state index is 12.5. The Kier molecular flexibility index (Phi) is 6.59. The molecule has 4 rings (SSSR count). The molecule has 176 valence electrons. The summed E-state index contributed by atoms with van der Waals surface area (Å²) in [6, 6.07) is 14.3. The number of nitrogens with one attached hydrogen (secondary N) is 4. The van der Waals surface area contributed by atoms with Crippen molar-refractivity contribution in [2.45, 2.75) is 19.5 Å². The van der Waals surface area contributed by atoms with E-state index in [4.69, 9.17) is 16.2 Å². The number of amidine groups is 1. The van der Waals surface area contributed by atoms with Gasteiger partial charge in [-0.3, -0.25) is 15.0 Å². The molecule has 34 heavy (non-hydrogen) atoms. The first-order valence-electron chi connectivity index (χ1n) is 10.5. The van der Waals surface area contributed by atoms with Crippen LogP contribution in [-0.4, -0.2) is 34.5 Å². The van der Waals surface area contributed by atoms with Crippen LogP contribution >= 0.6 is 0 Å². The van der Waals surface area contributed by atoms with Crippen molar-refractivity contribution < 1.29 is 14.3 Å². The summed E-state index contributed by atoms with van der Waals surface area (Å²) in [7, 11) is 1.52. The highest BCUT2D eigenvalue weighted by Gasteiger charge is 2.22. The first kappa shape index (κ1) is 22.6. The number of hydrazone groups is 1. The van der Waals surface area contributed by atoms with Gasteiger partial charge in [-0.2, -0.15) is 5.10 Å². The van der Waals surface area contributed by atoms with Gasteiger partial charge in [-0.25, -0.2) is 10.2 Å². The fraction of sp³-hybridized carbons (Fsp3) is 0.182. The third-order valence-corrected chi connectivity index (χ3v) is 5.28. The first-order chi connectivity index (χ1) is 16.5. The molecular formula is C22H25N9O3. The highest BCUT2D eigenvalue weighted by Crippen LogP contribution is 2.27. The smallest absolute Gasteiger partial charge is 0.255 e. The van der Waals surface area contributed by atoms with Crippen LogP contribution in [0.5, 0.6) is 5.75 Å². The SMILES string of the molecule is COc1ccccc1C(=O)NCc1ccc(-c2nn(CCC3=NNNN3)c(N)c2C(N)=O)cc1. The Morgan fingerprint density at radius 2 is 1.91 bits per heavy atom. The van der Waals surface area contributed by atoms with Gasteiger partial charge in [0.2, 0.25) is 0 Å². The van der Waals surface area contributed by atoms with E-state index in [0.29, 0.717) is 47.9 Å². The van der Waals surface area contributed by atoms with Crippen LogP contribution in [0, 0.1) is 0 Å². The molecule has 1 aliphatic heterocycles. The third-order valence-electron chi connectivity index (χ3n) is 5.28. The van der Waals surface area contributed by atoms with Crippen molar-refractivity contribution in [1.82, 2.24) is 31.6 Å². The molecule has 2 heterocycles. The number of ether oxygens (including phenoxy) is 1. The Labute approximate surface area is 195 Å². The lowest BCUT2D eigenvalue weighted by Crippen LogP contribution is -2.35. The molecule has 1 aromatic heterocycles. The molecule has 1 aliphatic rings. The number of anilines is 1. The number of methoxy groups -OCH3 is 1. The fourth-order valence-electron chi connectivity index (χ4n) is 3.53. The Morgan fingerprint density at radius 1 is 1.15 bits per heavy atom. The van der Waals surface area contributed by atoms with E-state index in [1.807, 2.05) is 12.1 Å². The van der Waals surface area contributed by atoms with E-state index in [2.05, 4.69) is 32.0 Å². The van der Waals surface area contributed by atoms with Gasteiger partial charge in [-0.1, -0.05) is 36.4 Å². The molecule has 0 spiro atoms. The maximum Gasteiger partial charge on any atom is 0.255 e. The summed E-state index contributed by atoms with van der Waals surface area (Å²) in [5.74, 6) is 0.472. The van der Waals surface area contributed by atoms with Crippen molar-refractivity contribution in [3.8, 4) is 17.0 Å². The second kappa shape index (κ2) is 9.92. The van der Waals surface area contributed by atoms with Gasteiger partial charge in [0.05, 0.1) is 19.2 Å². The lowest BCUT2D eigenvalue weighted by atomic mass is 10.0. The number of carbonyl (C=O) groups excluding carboxylic acids is 2. The fourth-order valence-corrected chi connectivity index (χ4v) is 3.53. The van der Waals surface area contributed by atoms with Gasteiger partial charge >= 0.3 is 0 Å². The zero-order valence-corrected chi connectivity index (χ0v) is 18.5. The molecule has 2 aromatic carbocycles. The Hall–Kier alpha value is -4.58. The largest absolute Gasteiger partial charge is 0.496 e. The van der Waals surface area contributed by atoms with E-state index in [0.717, 1.165) is 5.56 Å². The highest BCUT2D eigenvalue weighted by atomic mass is 16.5. The highest BCUT2D eigenvalue weighted by molar-refractivity contribution is 6.03. The van der Waals surface area contributed by atoms with Gasteiger partial charge in [-0.05, 0) is 17.7 Å². The molecule has 0 saturated heterocycles. The molecule has 12 heteroatoms. The molecule has 2 amide bonds. The predicted molar refractivity (Wildman–Crippen MR) is 126 cm³/mol. The van der Waals surface area contributed by atoms with Gasteiger partial charge in [0, 0.05) is 18.5 Å². The number of nitrogen functional groups attached to an aromatic ring is 1. The van der Waals surface area contributed by atoms with Crippen molar-refractivity contribution in [2.24, 2.45) is 10.8 Å². The average Bonchev–Trinajstić information content (AvgIpc) is 3.49. The van der Waals surface area contributed by atoms with Crippen LogP contribution in [0.15, 0.2) is 53.6 Å². The number of aryl methyl sites for hydroxylation is 1. The van der Waals surface area contributed by atoms with Gasteiger partial charge < -0.3 is 21.5 Å². The van der Waals surface area contributed by atoms with Gasteiger partial charge in [0.1, 0.15) is 28.7 Å². The van der Waals surface area contributed by atoms with Crippen LogP contribution in [0.25, 0.3) is 11.3 Å². The molecular weight excluding hydrogens is 438 g/mol. The van der Waals surface area contributed by atoms with Crippen molar-refractivity contribution in [1.29, 1.82) is 0 Å². The van der Waals surface area contributed by atoms with Crippen LogP contribution in [0.1, 0.15) is 32.7 Å². The Balaban J connectivity index is 1.48. The number of rotatable bonds is 9. The number of hydrogen-bond acceptors (Lipinski definition) is 9. The summed E-state index contributed by atoms with van der Waals surface area (Å²) in [5.41, 5.74) is 22.4. The van der Waals surface area contributed by atoms with Gasteiger partial charge in [0.15, 0.2) is 0 Å². The minimum atomic E-state index is -0.661. The molecule has 0 radical (unpaired) electrons. The number of hydrogen-bond donors (Lipinski definition) is 6. The standard InChI is InChI=1S/C22H25N9O3/c1-34-16-5-3-2-4-15(16)22(33)25-12-13-6-8-14(9-7-13)19-18(21(24)32)20(23)31(28-19)11-10-17-26-29-30-27-17/h2-9,29-30H,10-12,23H2,1H3,(H2,24,32)(H,25,33)(H,26,27). The number of hydrazine groups is 2. The van der Waals surface area contributed by atoms with Gasteiger partial charge in [-0.15, -0.1) is 10.6 Å². The molecule has 12 nitrogen and oxygen atoms in total. The summed E-state index contributed by atoms with van der Waals surface area (Å²) < 4.78 is 6.76. The number of nitrogens with two attached hydrogens (primary N) is 2. The van der Waals surface area contributed by atoms with Crippen molar-refractivity contribution in [3.05, 3.63) is 65.2 Å². The van der Waals surface area contributed by atoms with Crippen LogP contribution in [-0.2, 0) is 13.1 Å². The van der Waals surface area contributed by atoms with E-state index in [1.54, 1.807) is 36.4 Å². The molecule has 0 atom stereocenters. The number of carbonyl (C=O) groups is 2. The number of aromatic nitrogens is 2. The quantitative estimate of drug-likeness (QED) is 0.266. The van der Waals surface area contributed by atoms with Crippen LogP contribution in [0.3, 0.4) is 0 Å². The summed E-state index contributed by atoms with van der Waals surface area (Å²) in [5, 5.41) is 11.4. The second-order valence-electron chi connectivity index (χ2n) is 7.45. The molecule has 3 aromatic rings. The van der Waals surface area contributed by atoms with E-state index in [-0.39, 0.29) is 17.3 Å². The normalized spacial score (nSPS) is 12.4. The van der Waals surface area contributed by atoms with Crippen molar-refractivity contribution >= 4 is 23.5 Å². The topological polar surface area (TPSA) is 174 Å². The minimum Gasteiger partial charge on any atom is -0.496 e. The second-order valence-corrected chi connectivity index (χ2v) is 7.45. The molecule has 0 fully saturated rings. The van der Waals surface area contributed by atoms with E-state index >= 15 is 0 Å². The molecule has 0 unspecified atom stereocenters. The third kappa shape index (κ3) is 4.76. The minimum absolute atomic E-state index is 0.162. The number of amides is 2. The number of benzene rings is 2. The number of nitrogens with zero attached hydrogens (tertiary/aromatic N) is 3. The molecule has 0 aliphatic carbocycles. The summed E-state index contributed by atoms with van der Waals surface area (Å²) in [4.78, 5) is 24.6. The van der Waals surface area contributed by atoms with Crippen molar-refractivity contribution in [3.63, 3.8) is 0 Å². The summed E-state index contributed by atoms with van der Waals surface area (Å²) in [6.07, 6.45) is 0.508. The van der Waals surface area contributed by atoms with Crippen LogP contribution < -0.4 is 38.0 Å². The van der Waals surface area contributed by atoms with Crippen LogP contribution in [0.2, 0.25) is 0 Å². The lowest BCUT2D eigenvalue weighted by molar-refractivity contribution is 0.0946. The van der Waals surface area contributed by atoms with E-state index in [9.17, 15) is 9.59 Å². The molecule has 8 N–H and O–H groups in total. The Bertz CT molecular complexity index is 1230. The molecule has 0 saturated carbocycles. The predicted octanol–water partition coefficient (Wildman–Crippen LogP) is 0.486. The zero-order chi connectivity index (χ0) is 24.1. The molecule has 0 bridgehead atoms. The summed E-state index contributed by atoms with van der Waals surface area (Å²) in [6.45, 7) is 0.710. The Morgan fingerprint density at radius 3 is 2.59 bits per heavy atom. The average molecular weight is 464 g/mol. The lowest BCUT2D eigenvalue weighted by Gasteiger charge is -2.09. The van der Waals surface area contributed by atoms with E-state index < -0.39 is 5.91 Å². The van der Waals surface area contributed by atoms with Gasteiger partial charge in [0.25, 0.3) is 11.8 Å². The maximum absolute atomic E-state index is 12.5. The van der Waals surface area contributed by atoms with E-state index in [1.165, 1.54) is 11.8 Å². The zero-order valence-electron chi connectivity index (χ0n) is 18.5. The van der Waals surface area contributed by atoms with Crippen molar-refractivity contribution in [2.75, 3.05) is 12.8 Å². The van der Waals surface area contributed by atoms with Crippen LogP contribution in [0.4, 0.5) is 5.82 Å². The number of para-hydroxylation sites is 1. The summed E-state index contributed by atoms with van der Waals surface area (Å²) >= 11 is 0.